The number of rotatable bonds is 4. The van der Waals surface area contributed by atoms with Gasteiger partial charge in [-0.25, -0.2) is 4.79 Å². The SMILES string of the molecule is COC(=O)C(CS)NC(=O)c1ccccc1O. The summed E-state index contributed by atoms with van der Waals surface area (Å²) >= 11 is 3.94. The van der Waals surface area contributed by atoms with Crippen LogP contribution in [0.5, 0.6) is 5.75 Å². The summed E-state index contributed by atoms with van der Waals surface area (Å²) in [5.41, 5.74) is 0.100. The highest BCUT2D eigenvalue weighted by atomic mass is 32.1. The fourth-order valence-corrected chi connectivity index (χ4v) is 1.46. The molecule has 0 bridgehead atoms. The lowest BCUT2D eigenvalue weighted by Crippen LogP contribution is -2.42. The Morgan fingerprint density at radius 2 is 2.12 bits per heavy atom. The van der Waals surface area contributed by atoms with Gasteiger partial charge in [0, 0.05) is 5.75 Å². The minimum absolute atomic E-state index is 0.100. The molecular weight excluding hydrogens is 242 g/mol. The summed E-state index contributed by atoms with van der Waals surface area (Å²) in [5.74, 6) is -1.16. The van der Waals surface area contributed by atoms with E-state index in [0.29, 0.717) is 0 Å². The fraction of sp³-hybridized carbons (Fsp3) is 0.273. The van der Waals surface area contributed by atoms with Crippen LogP contribution in [0.1, 0.15) is 10.4 Å². The molecule has 0 aromatic heterocycles. The second kappa shape index (κ2) is 6.15. The fourth-order valence-electron chi connectivity index (χ4n) is 1.22. The first kappa shape index (κ1) is 13.4. The number of esters is 1. The van der Waals surface area contributed by atoms with E-state index >= 15 is 0 Å². The average molecular weight is 255 g/mol. The molecule has 1 amide bonds. The van der Waals surface area contributed by atoms with Crippen molar-refractivity contribution in [3.63, 3.8) is 0 Å². The molecule has 0 saturated heterocycles. The van der Waals surface area contributed by atoms with Crippen molar-refractivity contribution in [2.45, 2.75) is 6.04 Å². The number of carbonyl (C=O) groups excluding carboxylic acids is 2. The number of hydrogen-bond acceptors (Lipinski definition) is 5. The lowest BCUT2D eigenvalue weighted by Gasteiger charge is -2.14. The number of ether oxygens (including phenoxy) is 1. The molecule has 1 unspecified atom stereocenters. The number of benzene rings is 1. The van der Waals surface area contributed by atoms with E-state index in [4.69, 9.17) is 0 Å². The van der Waals surface area contributed by atoms with E-state index in [0.717, 1.165) is 0 Å². The number of phenols is 1. The number of hydrogen-bond donors (Lipinski definition) is 3. The Labute approximate surface area is 104 Å². The van der Waals surface area contributed by atoms with Crippen LogP contribution < -0.4 is 5.32 Å². The van der Waals surface area contributed by atoms with Crippen LogP contribution in [-0.2, 0) is 9.53 Å². The molecule has 1 atom stereocenters. The molecule has 0 radical (unpaired) electrons. The van der Waals surface area contributed by atoms with Gasteiger partial charge in [0.15, 0.2) is 0 Å². The van der Waals surface area contributed by atoms with Gasteiger partial charge in [0.2, 0.25) is 0 Å². The van der Waals surface area contributed by atoms with E-state index in [9.17, 15) is 14.7 Å². The maximum absolute atomic E-state index is 11.7. The van der Waals surface area contributed by atoms with Gasteiger partial charge in [-0.15, -0.1) is 0 Å². The van der Waals surface area contributed by atoms with Crippen molar-refractivity contribution in [2.75, 3.05) is 12.9 Å². The highest BCUT2D eigenvalue weighted by Gasteiger charge is 2.21. The number of amides is 1. The van der Waals surface area contributed by atoms with Gasteiger partial charge in [0.1, 0.15) is 11.8 Å². The van der Waals surface area contributed by atoms with Gasteiger partial charge < -0.3 is 15.2 Å². The third-order valence-electron chi connectivity index (χ3n) is 2.12. The van der Waals surface area contributed by atoms with Gasteiger partial charge in [-0.05, 0) is 12.1 Å². The van der Waals surface area contributed by atoms with E-state index < -0.39 is 17.9 Å². The molecule has 0 saturated carbocycles. The maximum Gasteiger partial charge on any atom is 0.329 e. The molecule has 2 N–H and O–H groups in total. The molecule has 0 heterocycles. The summed E-state index contributed by atoms with van der Waals surface area (Å²) < 4.78 is 4.51. The molecule has 0 fully saturated rings. The zero-order valence-electron chi connectivity index (χ0n) is 9.21. The van der Waals surface area contributed by atoms with Crippen molar-refractivity contribution in [3.05, 3.63) is 29.8 Å². The van der Waals surface area contributed by atoms with Crippen molar-refractivity contribution in [1.29, 1.82) is 0 Å². The lowest BCUT2D eigenvalue weighted by molar-refractivity contribution is -0.142. The largest absolute Gasteiger partial charge is 0.507 e. The van der Waals surface area contributed by atoms with Crippen LogP contribution in [-0.4, -0.2) is 35.9 Å². The summed E-state index contributed by atoms with van der Waals surface area (Å²) in [4.78, 5) is 23.0. The number of aromatic hydroxyl groups is 1. The normalized spacial score (nSPS) is 11.6. The standard InChI is InChI=1S/C11H13NO4S/c1-16-11(15)8(6-17)12-10(14)7-4-2-3-5-9(7)13/h2-5,8,13,17H,6H2,1H3,(H,12,14). The second-order valence-electron chi connectivity index (χ2n) is 3.25. The smallest absolute Gasteiger partial charge is 0.329 e. The number of phenolic OH excluding ortho intramolecular Hbond substituents is 1. The molecule has 1 rings (SSSR count). The molecule has 92 valence electrons. The first-order valence-electron chi connectivity index (χ1n) is 4.87. The Morgan fingerprint density at radius 1 is 1.47 bits per heavy atom. The van der Waals surface area contributed by atoms with E-state index in [-0.39, 0.29) is 17.1 Å². The summed E-state index contributed by atoms with van der Waals surface area (Å²) in [6.07, 6.45) is 0. The van der Waals surface area contributed by atoms with Crippen molar-refractivity contribution < 1.29 is 19.4 Å². The van der Waals surface area contributed by atoms with E-state index in [1.54, 1.807) is 12.1 Å². The molecule has 1 aromatic carbocycles. The third kappa shape index (κ3) is 3.39. The monoisotopic (exact) mass is 255 g/mol. The average Bonchev–Trinajstić information content (AvgIpc) is 2.35. The quantitative estimate of drug-likeness (QED) is 0.544. The summed E-state index contributed by atoms with van der Waals surface area (Å²) in [6.45, 7) is 0. The van der Waals surface area contributed by atoms with E-state index in [2.05, 4.69) is 22.7 Å². The van der Waals surface area contributed by atoms with Crippen LogP contribution in [0.3, 0.4) is 0 Å². The van der Waals surface area contributed by atoms with Gasteiger partial charge >= 0.3 is 5.97 Å². The number of methoxy groups -OCH3 is 1. The Morgan fingerprint density at radius 3 is 2.65 bits per heavy atom. The number of carbonyl (C=O) groups is 2. The van der Waals surface area contributed by atoms with Crippen LogP contribution in [0.2, 0.25) is 0 Å². The Bertz CT molecular complexity index is 422. The minimum atomic E-state index is -0.838. The summed E-state index contributed by atoms with van der Waals surface area (Å²) in [7, 11) is 1.23. The number of thiol groups is 1. The Kier molecular flexibility index (Phi) is 4.84. The Balaban J connectivity index is 2.78. The lowest BCUT2D eigenvalue weighted by atomic mass is 10.2. The molecule has 0 aliphatic heterocycles. The predicted octanol–water partition coefficient (Wildman–Crippen LogP) is 0.593. The van der Waals surface area contributed by atoms with Crippen molar-refractivity contribution in [3.8, 4) is 5.75 Å². The molecule has 0 spiro atoms. The zero-order valence-corrected chi connectivity index (χ0v) is 10.1. The minimum Gasteiger partial charge on any atom is -0.507 e. The van der Waals surface area contributed by atoms with Crippen LogP contribution in [0.25, 0.3) is 0 Å². The maximum atomic E-state index is 11.7. The molecule has 0 aliphatic rings. The zero-order chi connectivity index (χ0) is 12.8. The highest BCUT2D eigenvalue weighted by molar-refractivity contribution is 7.80. The van der Waals surface area contributed by atoms with Crippen LogP contribution in [0.4, 0.5) is 0 Å². The predicted molar refractivity (Wildman–Crippen MR) is 65.2 cm³/mol. The van der Waals surface area contributed by atoms with Crippen molar-refractivity contribution in [1.82, 2.24) is 5.32 Å². The summed E-state index contributed by atoms with van der Waals surface area (Å²) in [6, 6.07) is 5.22. The van der Waals surface area contributed by atoms with Crippen molar-refractivity contribution in [2.24, 2.45) is 0 Å². The van der Waals surface area contributed by atoms with Gasteiger partial charge in [-0.3, -0.25) is 4.79 Å². The van der Waals surface area contributed by atoms with Gasteiger partial charge in [-0.2, -0.15) is 12.6 Å². The topological polar surface area (TPSA) is 75.6 Å². The molecule has 17 heavy (non-hydrogen) atoms. The van der Waals surface area contributed by atoms with Gasteiger partial charge in [0.05, 0.1) is 12.7 Å². The van der Waals surface area contributed by atoms with Crippen LogP contribution in [0, 0.1) is 0 Å². The van der Waals surface area contributed by atoms with Gasteiger partial charge in [0.25, 0.3) is 5.91 Å². The molecule has 1 aromatic rings. The first-order chi connectivity index (χ1) is 8.10. The van der Waals surface area contributed by atoms with E-state index in [1.807, 2.05) is 0 Å². The Hall–Kier alpha value is -1.69. The summed E-state index contributed by atoms with van der Waals surface area (Å²) in [5, 5.41) is 11.9. The third-order valence-corrected chi connectivity index (χ3v) is 2.49. The first-order valence-corrected chi connectivity index (χ1v) is 5.51. The molecule has 5 nitrogen and oxygen atoms in total. The van der Waals surface area contributed by atoms with E-state index in [1.165, 1.54) is 19.2 Å². The highest BCUT2D eigenvalue weighted by Crippen LogP contribution is 2.15. The van der Waals surface area contributed by atoms with Gasteiger partial charge in [-0.1, -0.05) is 12.1 Å². The van der Waals surface area contributed by atoms with Crippen LogP contribution >= 0.6 is 12.6 Å². The van der Waals surface area contributed by atoms with Crippen LogP contribution in [0.15, 0.2) is 24.3 Å². The van der Waals surface area contributed by atoms with Crippen molar-refractivity contribution >= 4 is 24.5 Å². The number of nitrogens with one attached hydrogen (secondary N) is 1. The molecule has 0 aliphatic carbocycles. The molecular formula is C11H13NO4S. The molecule has 6 heteroatoms. The number of para-hydroxylation sites is 1. The second-order valence-corrected chi connectivity index (χ2v) is 3.61.